The van der Waals surface area contributed by atoms with Crippen LogP contribution in [-0.2, 0) is 9.53 Å². The third-order valence-corrected chi connectivity index (χ3v) is 2.82. The average molecular weight is 293 g/mol. The molecule has 1 atom stereocenters. The minimum Gasteiger partial charge on any atom is -0.467 e. The molecule has 7 heteroatoms. The molecule has 0 spiro atoms. The zero-order valence-corrected chi connectivity index (χ0v) is 11.5. The van der Waals surface area contributed by atoms with Gasteiger partial charge in [0.2, 0.25) is 5.28 Å². The van der Waals surface area contributed by atoms with Crippen LogP contribution in [0.1, 0.15) is 11.6 Å². The molecule has 2 aromatic rings. The summed E-state index contributed by atoms with van der Waals surface area (Å²) in [6, 6.07) is 8.37. The molecular formula is C13H13ClN4O2. The number of anilines is 2. The van der Waals surface area contributed by atoms with Crippen LogP contribution in [0.2, 0.25) is 5.28 Å². The first-order valence-electron chi connectivity index (χ1n) is 5.79. The van der Waals surface area contributed by atoms with E-state index >= 15 is 0 Å². The largest absolute Gasteiger partial charge is 0.467 e. The van der Waals surface area contributed by atoms with Gasteiger partial charge in [-0.25, -0.2) is 9.78 Å². The van der Waals surface area contributed by atoms with Crippen LogP contribution in [0, 0.1) is 0 Å². The Hall–Kier alpha value is -2.34. The smallest absolute Gasteiger partial charge is 0.333 e. The van der Waals surface area contributed by atoms with Crippen molar-refractivity contribution in [3.8, 4) is 0 Å². The van der Waals surface area contributed by atoms with Gasteiger partial charge in [-0.2, -0.15) is 4.98 Å². The second-order valence-corrected chi connectivity index (χ2v) is 4.29. The molecule has 1 unspecified atom stereocenters. The number of halogens is 1. The van der Waals surface area contributed by atoms with Crippen LogP contribution in [0.5, 0.6) is 0 Å². The van der Waals surface area contributed by atoms with E-state index in [2.05, 4.69) is 15.3 Å². The fourth-order valence-electron chi connectivity index (χ4n) is 1.66. The molecule has 0 bridgehead atoms. The molecule has 0 fully saturated rings. The van der Waals surface area contributed by atoms with E-state index in [0.29, 0.717) is 5.69 Å². The number of methoxy groups -OCH3 is 1. The van der Waals surface area contributed by atoms with Gasteiger partial charge in [0.05, 0.1) is 19.0 Å². The number of nitrogens with one attached hydrogen (secondary N) is 1. The Morgan fingerprint density at radius 3 is 2.75 bits per heavy atom. The van der Waals surface area contributed by atoms with Crippen molar-refractivity contribution in [2.24, 2.45) is 0 Å². The van der Waals surface area contributed by atoms with Crippen LogP contribution in [0.4, 0.5) is 11.5 Å². The number of carbonyl (C=O) groups excluding carboxylic acids is 1. The van der Waals surface area contributed by atoms with Gasteiger partial charge in [0, 0.05) is 0 Å². The average Bonchev–Trinajstić information content (AvgIpc) is 2.48. The van der Waals surface area contributed by atoms with Gasteiger partial charge >= 0.3 is 5.97 Å². The molecule has 1 aromatic carbocycles. The van der Waals surface area contributed by atoms with Gasteiger partial charge in [-0.3, -0.25) is 0 Å². The number of ether oxygens (including phenoxy) is 1. The lowest BCUT2D eigenvalue weighted by Crippen LogP contribution is -2.23. The molecule has 0 saturated carbocycles. The maximum absolute atomic E-state index is 11.9. The summed E-state index contributed by atoms with van der Waals surface area (Å²) in [5, 5.41) is 2.96. The van der Waals surface area contributed by atoms with Crippen molar-refractivity contribution in [1.82, 2.24) is 9.97 Å². The Labute approximate surface area is 120 Å². The highest BCUT2D eigenvalue weighted by Gasteiger charge is 2.22. The van der Waals surface area contributed by atoms with Crippen molar-refractivity contribution < 1.29 is 9.53 Å². The van der Waals surface area contributed by atoms with Crippen molar-refractivity contribution in [3.05, 3.63) is 47.4 Å². The number of nitrogen functional groups attached to an aromatic ring is 1. The summed E-state index contributed by atoms with van der Waals surface area (Å²) in [5.41, 5.74) is 6.78. The van der Waals surface area contributed by atoms with Gasteiger partial charge in [-0.15, -0.1) is 0 Å². The van der Waals surface area contributed by atoms with Crippen LogP contribution < -0.4 is 11.1 Å². The summed E-state index contributed by atoms with van der Waals surface area (Å²) in [5.74, 6) is -0.172. The van der Waals surface area contributed by atoms with E-state index < -0.39 is 12.0 Å². The topological polar surface area (TPSA) is 90.1 Å². The molecule has 1 aromatic heterocycles. The molecule has 0 saturated heterocycles. The van der Waals surface area contributed by atoms with Gasteiger partial charge in [0.25, 0.3) is 0 Å². The van der Waals surface area contributed by atoms with Gasteiger partial charge in [-0.1, -0.05) is 30.3 Å². The lowest BCUT2D eigenvalue weighted by atomic mass is 10.1. The number of carbonyl (C=O) groups is 1. The standard InChI is InChI=1S/C13H13ClN4O2/c1-20-12(19)10(8-5-3-2-4-6-8)17-11-9(15)7-16-13(14)18-11/h2-7,10H,15H2,1H3,(H,16,17,18). The Kier molecular flexibility index (Phi) is 4.37. The lowest BCUT2D eigenvalue weighted by molar-refractivity contribution is -0.141. The first-order valence-corrected chi connectivity index (χ1v) is 6.17. The molecule has 1 heterocycles. The lowest BCUT2D eigenvalue weighted by Gasteiger charge is -2.18. The number of benzene rings is 1. The summed E-state index contributed by atoms with van der Waals surface area (Å²) < 4.78 is 4.79. The van der Waals surface area contributed by atoms with Gasteiger partial charge < -0.3 is 15.8 Å². The first-order chi connectivity index (χ1) is 9.61. The van der Waals surface area contributed by atoms with Crippen LogP contribution in [-0.4, -0.2) is 23.0 Å². The third kappa shape index (κ3) is 3.16. The minimum atomic E-state index is -0.727. The fourth-order valence-corrected chi connectivity index (χ4v) is 1.80. The first kappa shape index (κ1) is 14.1. The Bertz CT molecular complexity index is 607. The number of esters is 1. The summed E-state index contributed by atoms with van der Waals surface area (Å²) in [6.45, 7) is 0. The summed E-state index contributed by atoms with van der Waals surface area (Å²) in [6.07, 6.45) is 1.37. The maximum Gasteiger partial charge on any atom is 0.333 e. The number of rotatable bonds is 4. The predicted molar refractivity (Wildman–Crippen MR) is 76.3 cm³/mol. The molecule has 0 aliphatic rings. The normalized spacial score (nSPS) is 11.7. The van der Waals surface area contributed by atoms with Gasteiger partial charge in [0.15, 0.2) is 11.9 Å². The zero-order valence-electron chi connectivity index (χ0n) is 10.7. The monoisotopic (exact) mass is 292 g/mol. The molecule has 2 rings (SSSR count). The molecule has 0 aliphatic carbocycles. The second-order valence-electron chi connectivity index (χ2n) is 3.95. The number of aromatic nitrogens is 2. The SMILES string of the molecule is COC(=O)C(Nc1nc(Cl)ncc1N)c1ccccc1. The van der Waals surface area contributed by atoms with Crippen LogP contribution in [0.3, 0.4) is 0 Å². The maximum atomic E-state index is 11.9. The van der Waals surface area contributed by atoms with E-state index in [1.54, 1.807) is 12.1 Å². The summed E-state index contributed by atoms with van der Waals surface area (Å²) >= 11 is 5.73. The molecule has 20 heavy (non-hydrogen) atoms. The van der Waals surface area contributed by atoms with E-state index in [1.165, 1.54) is 13.3 Å². The molecular weight excluding hydrogens is 280 g/mol. The molecule has 0 aliphatic heterocycles. The predicted octanol–water partition coefficient (Wildman–Crippen LogP) is 2.04. The van der Waals surface area contributed by atoms with Gasteiger partial charge in [0.1, 0.15) is 0 Å². The van der Waals surface area contributed by atoms with E-state index in [9.17, 15) is 4.79 Å². The van der Waals surface area contributed by atoms with Gasteiger partial charge in [-0.05, 0) is 17.2 Å². The van der Waals surface area contributed by atoms with E-state index in [4.69, 9.17) is 22.1 Å². The molecule has 6 nitrogen and oxygen atoms in total. The third-order valence-electron chi connectivity index (χ3n) is 2.64. The Morgan fingerprint density at radius 1 is 1.40 bits per heavy atom. The highest BCUT2D eigenvalue weighted by molar-refractivity contribution is 6.28. The quantitative estimate of drug-likeness (QED) is 0.662. The summed E-state index contributed by atoms with van der Waals surface area (Å²) in [4.78, 5) is 19.6. The molecule has 0 amide bonds. The summed E-state index contributed by atoms with van der Waals surface area (Å²) in [7, 11) is 1.32. The van der Waals surface area contributed by atoms with E-state index in [0.717, 1.165) is 5.56 Å². The van der Waals surface area contributed by atoms with Crippen molar-refractivity contribution >= 4 is 29.1 Å². The highest BCUT2D eigenvalue weighted by Crippen LogP contribution is 2.24. The minimum absolute atomic E-state index is 0.0402. The molecule has 0 radical (unpaired) electrons. The molecule has 104 valence electrons. The number of hydrogen-bond donors (Lipinski definition) is 2. The van der Waals surface area contributed by atoms with Crippen molar-refractivity contribution in [2.45, 2.75) is 6.04 Å². The number of nitrogens with two attached hydrogens (primary N) is 1. The van der Waals surface area contributed by atoms with Crippen LogP contribution in [0.25, 0.3) is 0 Å². The van der Waals surface area contributed by atoms with Crippen molar-refractivity contribution in [2.75, 3.05) is 18.2 Å². The van der Waals surface area contributed by atoms with Crippen LogP contribution >= 0.6 is 11.6 Å². The number of hydrogen-bond acceptors (Lipinski definition) is 6. The molecule has 3 N–H and O–H groups in total. The highest BCUT2D eigenvalue weighted by atomic mass is 35.5. The zero-order chi connectivity index (χ0) is 14.5. The van der Waals surface area contributed by atoms with E-state index in [1.807, 2.05) is 18.2 Å². The second kappa shape index (κ2) is 6.21. The van der Waals surface area contributed by atoms with Crippen molar-refractivity contribution in [3.63, 3.8) is 0 Å². The van der Waals surface area contributed by atoms with Crippen molar-refractivity contribution in [1.29, 1.82) is 0 Å². The Balaban J connectivity index is 2.34. The van der Waals surface area contributed by atoms with E-state index in [-0.39, 0.29) is 11.1 Å². The van der Waals surface area contributed by atoms with Crippen LogP contribution in [0.15, 0.2) is 36.5 Å². The Morgan fingerprint density at radius 2 is 2.10 bits per heavy atom. The number of nitrogens with zero attached hydrogens (tertiary/aromatic N) is 2. The fraction of sp³-hybridized carbons (Fsp3) is 0.154.